The molecule has 1 aliphatic heterocycles. The SMILES string of the molecule is C[C@H](Nc1nccc(-c2ccccc2C2COC(C=O)N2)n1)C1CC1. The van der Waals surface area contributed by atoms with E-state index in [1.165, 1.54) is 12.8 Å². The highest BCUT2D eigenvalue weighted by molar-refractivity contribution is 5.66. The lowest BCUT2D eigenvalue weighted by Gasteiger charge is -2.16. The Morgan fingerprint density at radius 3 is 2.92 bits per heavy atom. The van der Waals surface area contributed by atoms with Crippen LogP contribution in [0.2, 0.25) is 0 Å². The fraction of sp³-hybridized carbons (Fsp3) is 0.421. The molecule has 0 bridgehead atoms. The molecule has 0 radical (unpaired) electrons. The fourth-order valence-corrected chi connectivity index (χ4v) is 3.28. The van der Waals surface area contributed by atoms with Crippen LogP contribution in [0.5, 0.6) is 0 Å². The molecule has 1 aromatic heterocycles. The van der Waals surface area contributed by atoms with E-state index >= 15 is 0 Å². The van der Waals surface area contributed by atoms with Gasteiger partial charge >= 0.3 is 0 Å². The molecule has 6 nitrogen and oxygen atoms in total. The summed E-state index contributed by atoms with van der Waals surface area (Å²) in [7, 11) is 0. The van der Waals surface area contributed by atoms with Crippen LogP contribution in [0.3, 0.4) is 0 Å². The molecule has 1 saturated carbocycles. The van der Waals surface area contributed by atoms with Crippen molar-refractivity contribution in [2.24, 2.45) is 5.92 Å². The summed E-state index contributed by atoms with van der Waals surface area (Å²) in [5.41, 5.74) is 2.97. The maximum Gasteiger partial charge on any atom is 0.223 e. The average Bonchev–Trinajstić information content (AvgIpc) is 3.40. The maximum absolute atomic E-state index is 10.9. The van der Waals surface area contributed by atoms with Gasteiger partial charge < -0.3 is 10.1 Å². The van der Waals surface area contributed by atoms with Crippen molar-refractivity contribution in [2.75, 3.05) is 11.9 Å². The van der Waals surface area contributed by atoms with Crippen molar-refractivity contribution in [3.63, 3.8) is 0 Å². The third-order valence-electron chi connectivity index (χ3n) is 4.89. The van der Waals surface area contributed by atoms with Gasteiger partial charge in [0.25, 0.3) is 0 Å². The van der Waals surface area contributed by atoms with Crippen LogP contribution in [-0.2, 0) is 9.53 Å². The first-order valence-electron chi connectivity index (χ1n) is 8.76. The number of rotatable bonds is 6. The molecule has 4 rings (SSSR count). The molecule has 2 unspecified atom stereocenters. The van der Waals surface area contributed by atoms with Gasteiger partial charge in [0.05, 0.1) is 18.3 Å². The Hall–Kier alpha value is -2.31. The predicted octanol–water partition coefficient (Wildman–Crippen LogP) is 2.54. The summed E-state index contributed by atoms with van der Waals surface area (Å²) in [6.07, 6.45) is 4.59. The molecule has 1 aliphatic carbocycles. The first kappa shape index (κ1) is 16.2. The number of aromatic nitrogens is 2. The molecule has 1 aromatic carbocycles. The van der Waals surface area contributed by atoms with E-state index in [1.807, 2.05) is 30.3 Å². The number of nitrogens with one attached hydrogen (secondary N) is 2. The standard InChI is InChI=1S/C19H22N4O2/c1-12(13-6-7-13)21-19-20-9-8-16(23-19)14-4-2-3-5-15(14)17-11-25-18(10-24)22-17/h2-5,8-10,12-13,17-18,22H,6-7,11H2,1H3,(H,20,21,23)/t12-,17?,18?/m0/s1. The zero-order valence-electron chi connectivity index (χ0n) is 14.2. The number of carbonyl (C=O) groups is 1. The first-order valence-corrected chi connectivity index (χ1v) is 8.76. The summed E-state index contributed by atoms with van der Waals surface area (Å²) >= 11 is 0. The molecule has 3 atom stereocenters. The molecule has 1 saturated heterocycles. The van der Waals surface area contributed by atoms with Crippen molar-refractivity contribution in [3.05, 3.63) is 42.1 Å². The summed E-state index contributed by atoms with van der Waals surface area (Å²) in [6.45, 7) is 2.65. The third-order valence-corrected chi connectivity index (χ3v) is 4.89. The second-order valence-corrected chi connectivity index (χ2v) is 6.73. The lowest BCUT2D eigenvalue weighted by atomic mass is 9.98. The summed E-state index contributed by atoms with van der Waals surface area (Å²) in [6, 6.07) is 10.4. The van der Waals surface area contributed by atoms with Gasteiger partial charge in [0.2, 0.25) is 5.95 Å². The molecule has 2 fully saturated rings. The smallest absolute Gasteiger partial charge is 0.223 e. The van der Waals surface area contributed by atoms with Gasteiger partial charge in [-0.25, -0.2) is 9.97 Å². The average molecular weight is 338 g/mol. The van der Waals surface area contributed by atoms with E-state index in [4.69, 9.17) is 9.72 Å². The Morgan fingerprint density at radius 2 is 2.16 bits per heavy atom. The predicted molar refractivity (Wildman–Crippen MR) is 95.0 cm³/mol. The Labute approximate surface area is 147 Å². The quantitative estimate of drug-likeness (QED) is 0.788. The summed E-state index contributed by atoms with van der Waals surface area (Å²) in [5.74, 6) is 1.40. The van der Waals surface area contributed by atoms with Gasteiger partial charge in [0, 0.05) is 17.8 Å². The second kappa shape index (κ2) is 6.90. The van der Waals surface area contributed by atoms with Crippen molar-refractivity contribution in [1.29, 1.82) is 0 Å². The van der Waals surface area contributed by atoms with Gasteiger partial charge in [-0.15, -0.1) is 0 Å². The van der Waals surface area contributed by atoms with Crippen LogP contribution in [0.1, 0.15) is 31.4 Å². The topological polar surface area (TPSA) is 76.1 Å². The summed E-state index contributed by atoms with van der Waals surface area (Å²) < 4.78 is 5.45. The van der Waals surface area contributed by atoms with Crippen LogP contribution in [0.15, 0.2) is 36.5 Å². The third kappa shape index (κ3) is 3.55. The van der Waals surface area contributed by atoms with E-state index in [1.54, 1.807) is 6.20 Å². The zero-order chi connectivity index (χ0) is 17.2. The van der Waals surface area contributed by atoms with Crippen LogP contribution in [0, 0.1) is 5.92 Å². The highest BCUT2D eigenvalue weighted by atomic mass is 16.5. The van der Waals surface area contributed by atoms with Crippen molar-refractivity contribution < 1.29 is 9.53 Å². The number of hydrogen-bond donors (Lipinski definition) is 2. The Balaban J connectivity index is 1.60. The second-order valence-electron chi connectivity index (χ2n) is 6.73. The Morgan fingerprint density at radius 1 is 1.32 bits per heavy atom. The monoisotopic (exact) mass is 338 g/mol. The molecule has 2 aliphatic rings. The van der Waals surface area contributed by atoms with E-state index in [0.29, 0.717) is 18.6 Å². The first-order chi connectivity index (χ1) is 12.2. The van der Waals surface area contributed by atoms with Gasteiger partial charge in [-0.05, 0) is 37.3 Å². The van der Waals surface area contributed by atoms with Crippen molar-refractivity contribution in [1.82, 2.24) is 15.3 Å². The van der Waals surface area contributed by atoms with E-state index < -0.39 is 6.23 Å². The van der Waals surface area contributed by atoms with Crippen molar-refractivity contribution in [2.45, 2.75) is 38.1 Å². The van der Waals surface area contributed by atoms with E-state index in [9.17, 15) is 4.79 Å². The molecule has 2 heterocycles. The van der Waals surface area contributed by atoms with E-state index in [2.05, 4.69) is 22.5 Å². The van der Waals surface area contributed by atoms with E-state index in [-0.39, 0.29) is 6.04 Å². The van der Waals surface area contributed by atoms with Crippen LogP contribution < -0.4 is 10.6 Å². The normalized spacial score (nSPS) is 24.0. The number of anilines is 1. The number of nitrogens with zero attached hydrogens (tertiary/aromatic N) is 2. The van der Waals surface area contributed by atoms with Gasteiger partial charge in [0.1, 0.15) is 0 Å². The molecule has 2 aromatic rings. The lowest BCUT2D eigenvalue weighted by molar-refractivity contribution is -0.116. The van der Waals surface area contributed by atoms with Gasteiger partial charge in [-0.3, -0.25) is 10.1 Å². The van der Waals surface area contributed by atoms with Gasteiger partial charge in [-0.1, -0.05) is 24.3 Å². The largest absolute Gasteiger partial charge is 0.354 e. The minimum absolute atomic E-state index is 0.0248. The molecule has 6 heteroatoms. The highest BCUT2D eigenvalue weighted by Gasteiger charge is 2.29. The highest BCUT2D eigenvalue weighted by Crippen LogP contribution is 2.34. The molecule has 0 amide bonds. The van der Waals surface area contributed by atoms with Crippen LogP contribution in [0.4, 0.5) is 5.95 Å². The fourth-order valence-electron chi connectivity index (χ4n) is 3.28. The molecular weight excluding hydrogens is 316 g/mol. The van der Waals surface area contributed by atoms with E-state index in [0.717, 1.165) is 29.0 Å². The number of ether oxygens (including phenoxy) is 1. The lowest BCUT2D eigenvalue weighted by Crippen LogP contribution is -2.26. The Kier molecular flexibility index (Phi) is 4.46. The van der Waals surface area contributed by atoms with Gasteiger partial charge in [-0.2, -0.15) is 0 Å². The minimum atomic E-state index is -0.542. The number of hydrogen-bond acceptors (Lipinski definition) is 6. The molecular formula is C19H22N4O2. The molecule has 2 N–H and O–H groups in total. The van der Waals surface area contributed by atoms with Crippen LogP contribution in [-0.4, -0.2) is 35.1 Å². The van der Waals surface area contributed by atoms with Crippen LogP contribution in [0.25, 0.3) is 11.3 Å². The Bertz CT molecular complexity index is 763. The summed E-state index contributed by atoms with van der Waals surface area (Å²) in [4.78, 5) is 20.0. The van der Waals surface area contributed by atoms with Crippen molar-refractivity contribution >= 4 is 12.2 Å². The molecule has 25 heavy (non-hydrogen) atoms. The molecule has 0 spiro atoms. The zero-order valence-corrected chi connectivity index (χ0v) is 14.2. The summed E-state index contributed by atoms with van der Waals surface area (Å²) in [5, 5.41) is 6.60. The number of carbonyl (C=O) groups excluding carboxylic acids is 1. The number of aldehydes is 1. The molecule has 130 valence electrons. The van der Waals surface area contributed by atoms with Gasteiger partial charge in [0.15, 0.2) is 12.5 Å². The van der Waals surface area contributed by atoms with Crippen LogP contribution >= 0.6 is 0 Å². The van der Waals surface area contributed by atoms with Crippen molar-refractivity contribution in [3.8, 4) is 11.3 Å². The number of benzene rings is 1. The minimum Gasteiger partial charge on any atom is -0.354 e. The maximum atomic E-state index is 10.9.